The van der Waals surface area contributed by atoms with Crippen molar-refractivity contribution in [1.29, 1.82) is 0 Å². The van der Waals surface area contributed by atoms with E-state index in [1.54, 1.807) is 5.57 Å². The third kappa shape index (κ3) is 3.80. The maximum atomic E-state index is 10.4. The average Bonchev–Trinajstić information content (AvgIpc) is 3.51. The van der Waals surface area contributed by atoms with Gasteiger partial charge < -0.3 is 5.11 Å². The van der Waals surface area contributed by atoms with E-state index < -0.39 is 0 Å². The van der Waals surface area contributed by atoms with E-state index in [2.05, 4.69) is 95.5 Å². The molecule has 5 aliphatic rings. The second-order valence-corrected chi connectivity index (χ2v) is 14.2. The normalized spacial score (nSPS) is 40.2. The van der Waals surface area contributed by atoms with Gasteiger partial charge in [0.05, 0.1) is 17.8 Å². The van der Waals surface area contributed by atoms with E-state index in [1.807, 2.05) is 0 Å². The lowest BCUT2D eigenvalue weighted by molar-refractivity contribution is -0.0424. The molecule has 2 aromatic rings. The Hall–Kier alpha value is -1.91. The van der Waals surface area contributed by atoms with Crippen LogP contribution in [0.1, 0.15) is 83.2 Å². The highest BCUT2D eigenvalue weighted by atomic mass is 79.9. The summed E-state index contributed by atoms with van der Waals surface area (Å²) >= 11 is 3.82. The summed E-state index contributed by atoms with van der Waals surface area (Å²) in [6.07, 6.45) is 13.0. The summed E-state index contributed by atoms with van der Waals surface area (Å²) in [5.41, 5.74) is 6.16. The highest BCUT2D eigenvalue weighted by molar-refractivity contribution is 9.10. The molecule has 0 spiro atoms. The number of hydrogen-bond donors (Lipinski definition) is 1. The molecular weight excluding hydrogens is 532 g/mol. The van der Waals surface area contributed by atoms with Crippen molar-refractivity contribution in [1.82, 2.24) is 0 Å². The number of aliphatic hydroxyl groups excluding tert-OH is 1. The lowest BCUT2D eigenvalue weighted by Gasteiger charge is -2.58. The molecular formula is C34H41BrN2O. The Labute approximate surface area is 236 Å². The van der Waals surface area contributed by atoms with Crippen molar-refractivity contribution < 1.29 is 5.11 Å². The van der Waals surface area contributed by atoms with Gasteiger partial charge in [-0.2, -0.15) is 5.10 Å². The Kier molecular flexibility index (Phi) is 6.16. The third-order valence-corrected chi connectivity index (χ3v) is 12.4. The molecule has 3 nitrogen and oxygen atoms in total. The number of fused-ring (bicyclic) bond motifs is 5. The first-order chi connectivity index (χ1) is 18.4. The Morgan fingerprint density at radius 1 is 0.895 bits per heavy atom. The van der Waals surface area contributed by atoms with Gasteiger partial charge in [0, 0.05) is 22.5 Å². The number of rotatable bonds is 3. The van der Waals surface area contributed by atoms with E-state index >= 15 is 0 Å². The molecule has 7 rings (SSSR count). The van der Waals surface area contributed by atoms with Crippen LogP contribution in [0.3, 0.4) is 0 Å². The molecule has 0 bridgehead atoms. The van der Waals surface area contributed by atoms with Crippen molar-refractivity contribution in [2.75, 3.05) is 5.01 Å². The highest BCUT2D eigenvalue weighted by Gasteiger charge is 2.59. The number of nitrogens with zero attached hydrogens (tertiary/aromatic N) is 2. The summed E-state index contributed by atoms with van der Waals surface area (Å²) in [5, 5.41) is 18.1. The van der Waals surface area contributed by atoms with Gasteiger partial charge in [-0.15, -0.1) is 0 Å². The van der Waals surface area contributed by atoms with Crippen LogP contribution in [0.5, 0.6) is 0 Å². The minimum atomic E-state index is -0.124. The van der Waals surface area contributed by atoms with Crippen molar-refractivity contribution in [2.24, 2.45) is 39.6 Å². The van der Waals surface area contributed by atoms with Crippen LogP contribution in [0.15, 0.2) is 75.8 Å². The maximum Gasteiger partial charge on any atom is 0.0828 e. The fraction of sp³-hybridized carbons (Fsp3) is 0.559. The SMILES string of the molecule is C[C@]12CC[C@H]3[C@@H](CC=C4C[C@@H](O)CC[C@@]43C)[C@@H]1CC[C@@H]2C1=NN(c2ccccc2Br)C(c2ccccc2)C1. The van der Waals surface area contributed by atoms with Crippen molar-refractivity contribution in [3.8, 4) is 0 Å². The molecule has 1 heterocycles. The summed E-state index contributed by atoms with van der Waals surface area (Å²) in [7, 11) is 0. The number of para-hydroxylation sites is 1. The van der Waals surface area contributed by atoms with Gasteiger partial charge in [0.25, 0.3) is 0 Å². The monoisotopic (exact) mass is 572 g/mol. The minimum Gasteiger partial charge on any atom is -0.393 e. The van der Waals surface area contributed by atoms with Gasteiger partial charge >= 0.3 is 0 Å². The quantitative estimate of drug-likeness (QED) is 0.373. The van der Waals surface area contributed by atoms with Crippen LogP contribution >= 0.6 is 15.9 Å². The van der Waals surface area contributed by atoms with Gasteiger partial charge in [0.1, 0.15) is 0 Å². The molecule has 2 aromatic carbocycles. The first-order valence-electron chi connectivity index (χ1n) is 14.9. The molecule has 3 saturated carbocycles. The highest BCUT2D eigenvalue weighted by Crippen LogP contribution is 2.67. The van der Waals surface area contributed by atoms with E-state index in [0.717, 1.165) is 47.2 Å². The number of hydrazone groups is 1. The van der Waals surface area contributed by atoms with Crippen LogP contribution in [0.25, 0.3) is 0 Å². The third-order valence-electron chi connectivity index (χ3n) is 11.7. The topological polar surface area (TPSA) is 35.8 Å². The van der Waals surface area contributed by atoms with Gasteiger partial charge in [0.15, 0.2) is 0 Å². The zero-order valence-corrected chi connectivity index (χ0v) is 24.4. The van der Waals surface area contributed by atoms with Crippen LogP contribution in [-0.2, 0) is 0 Å². The van der Waals surface area contributed by atoms with E-state index in [9.17, 15) is 5.11 Å². The van der Waals surface area contributed by atoms with Crippen LogP contribution in [0, 0.1) is 34.5 Å². The first-order valence-corrected chi connectivity index (χ1v) is 15.7. The van der Waals surface area contributed by atoms with E-state index in [-0.39, 0.29) is 12.1 Å². The number of anilines is 1. The smallest absolute Gasteiger partial charge is 0.0828 e. The molecule has 4 aliphatic carbocycles. The second-order valence-electron chi connectivity index (χ2n) is 13.3. The zero-order valence-electron chi connectivity index (χ0n) is 22.8. The summed E-state index contributed by atoms with van der Waals surface area (Å²) in [6, 6.07) is 19.8. The van der Waals surface area contributed by atoms with Gasteiger partial charge in [-0.1, -0.05) is 68.0 Å². The van der Waals surface area contributed by atoms with Crippen molar-refractivity contribution in [3.05, 3.63) is 76.3 Å². The van der Waals surface area contributed by atoms with Crippen LogP contribution in [0.2, 0.25) is 0 Å². The van der Waals surface area contributed by atoms with Crippen molar-refractivity contribution in [3.63, 3.8) is 0 Å². The molecule has 8 atom stereocenters. The fourth-order valence-electron chi connectivity index (χ4n) is 9.73. The van der Waals surface area contributed by atoms with E-state index in [4.69, 9.17) is 5.10 Å². The Morgan fingerprint density at radius 3 is 2.50 bits per heavy atom. The van der Waals surface area contributed by atoms with E-state index in [1.165, 1.54) is 49.8 Å². The fourth-order valence-corrected chi connectivity index (χ4v) is 10.2. The molecule has 0 radical (unpaired) electrons. The zero-order chi connectivity index (χ0) is 26.1. The number of halogens is 1. The molecule has 1 aliphatic heterocycles. The van der Waals surface area contributed by atoms with Crippen molar-refractivity contribution >= 4 is 27.3 Å². The molecule has 38 heavy (non-hydrogen) atoms. The summed E-state index contributed by atoms with van der Waals surface area (Å²) in [5.74, 6) is 2.92. The van der Waals surface area contributed by atoms with Crippen LogP contribution in [-0.4, -0.2) is 16.9 Å². The molecule has 200 valence electrons. The summed E-state index contributed by atoms with van der Waals surface area (Å²) in [4.78, 5) is 0. The predicted molar refractivity (Wildman–Crippen MR) is 159 cm³/mol. The average molecular weight is 574 g/mol. The Morgan fingerprint density at radius 2 is 1.68 bits per heavy atom. The van der Waals surface area contributed by atoms with Crippen LogP contribution in [0.4, 0.5) is 5.69 Å². The molecule has 1 N–H and O–H groups in total. The van der Waals surface area contributed by atoms with Gasteiger partial charge in [-0.3, -0.25) is 5.01 Å². The summed E-state index contributed by atoms with van der Waals surface area (Å²) < 4.78 is 1.11. The maximum absolute atomic E-state index is 10.4. The number of aliphatic hydroxyl groups is 1. The second kappa shape index (κ2) is 9.34. The number of allylic oxidation sites excluding steroid dienone is 1. The molecule has 0 aromatic heterocycles. The lowest BCUT2D eigenvalue weighted by Crippen LogP contribution is -2.51. The molecule has 0 amide bonds. The largest absolute Gasteiger partial charge is 0.393 e. The molecule has 0 saturated heterocycles. The lowest BCUT2D eigenvalue weighted by atomic mass is 9.47. The molecule has 4 heteroatoms. The summed E-state index contributed by atoms with van der Waals surface area (Å²) in [6.45, 7) is 5.16. The Balaban J connectivity index is 1.20. The van der Waals surface area contributed by atoms with Gasteiger partial charge in [-0.25, -0.2) is 0 Å². The van der Waals surface area contributed by atoms with Crippen molar-refractivity contribution in [2.45, 2.75) is 83.8 Å². The Bertz CT molecular complexity index is 1270. The van der Waals surface area contributed by atoms with Gasteiger partial charge in [-0.05, 0) is 114 Å². The first kappa shape index (κ1) is 25.1. The molecule has 1 unspecified atom stereocenters. The van der Waals surface area contributed by atoms with Gasteiger partial charge in [0.2, 0.25) is 0 Å². The standard InChI is InChI=1S/C34H41BrN2O/c1-33-18-16-24(38)20-23(33)12-13-25-26-14-15-28(34(26,2)19-17-27(25)33)30-21-32(22-8-4-3-5-9-22)37(36-30)31-11-7-6-10-29(31)35/h3-12,24-28,32,38H,13-21H2,1-2H3/t24-,25-,26-,27-,28+,32?,33-,34-/m0/s1. The van der Waals surface area contributed by atoms with E-state index in [0.29, 0.717) is 16.7 Å². The molecule has 3 fully saturated rings. The number of hydrogen-bond acceptors (Lipinski definition) is 3. The predicted octanol–water partition coefficient (Wildman–Crippen LogP) is 8.70. The number of benzene rings is 2. The van der Waals surface area contributed by atoms with Crippen LogP contribution < -0.4 is 5.01 Å². The minimum absolute atomic E-state index is 0.124.